The summed E-state index contributed by atoms with van der Waals surface area (Å²) in [7, 11) is -3.16. The van der Waals surface area contributed by atoms with Gasteiger partial charge in [-0.15, -0.1) is 0 Å². The average Bonchev–Trinajstić information content (AvgIpc) is 3.11. The van der Waals surface area contributed by atoms with E-state index in [1.165, 1.54) is 0 Å². The summed E-state index contributed by atoms with van der Waals surface area (Å²) in [5, 5.41) is 0. The van der Waals surface area contributed by atoms with E-state index in [0.717, 1.165) is 51.7 Å². The zero-order chi connectivity index (χ0) is 15.0. The van der Waals surface area contributed by atoms with Crippen LogP contribution in [0.25, 0.3) is 0 Å². The lowest BCUT2D eigenvalue weighted by atomic mass is 9.88. The molecule has 1 saturated carbocycles. The van der Waals surface area contributed by atoms with Crippen LogP contribution < -0.4 is 4.72 Å². The van der Waals surface area contributed by atoms with E-state index in [1.807, 2.05) is 0 Å². The summed E-state index contributed by atoms with van der Waals surface area (Å²) in [4.78, 5) is 0. The second-order valence-electron chi connectivity index (χ2n) is 7.43. The van der Waals surface area contributed by atoms with Crippen molar-refractivity contribution in [3.63, 3.8) is 0 Å². The van der Waals surface area contributed by atoms with Crippen LogP contribution in [0.3, 0.4) is 0 Å². The van der Waals surface area contributed by atoms with Gasteiger partial charge in [-0.05, 0) is 51.4 Å². The molecule has 0 amide bonds. The van der Waals surface area contributed by atoms with Crippen LogP contribution in [0.15, 0.2) is 0 Å². The molecule has 2 heterocycles. The van der Waals surface area contributed by atoms with Gasteiger partial charge < -0.3 is 9.47 Å². The molecular weight excluding hydrogens is 290 g/mol. The third-order valence-corrected chi connectivity index (χ3v) is 6.79. The molecule has 122 valence electrons. The van der Waals surface area contributed by atoms with Crippen molar-refractivity contribution in [2.75, 3.05) is 32.1 Å². The number of fused-ring (bicyclic) bond motifs is 2. The normalized spacial score (nSPS) is 39.2. The third-order valence-electron chi connectivity index (χ3n) is 5.38. The number of rotatable bonds is 7. The molecule has 6 heteroatoms. The van der Waals surface area contributed by atoms with Crippen molar-refractivity contribution in [2.24, 2.45) is 11.3 Å². The predicted octanol–water partition coefficient (Wildman–Crippen LogP) is 1.68. The van der Waals surface area contributed by atoms with Crippen LogP contribution in [0.4, 0.5) is 0 Å². The first-order chi connectivity index (χ1) is 9.91. The first-order valence-corrected chi connectivity index (χ1v) is 9.75. The highest BCUT2D eigenvalue weighted by molar-refractivity contribution is 7.89. The van der Waals surface area contributed by atoms with E-state index in [0.29, 0.717) is 19.1 Å². The van der Waals surface area contributed by atoms with Gasteiger partial charge in [0, 0.05) is 25.2 Å². The quantitative estimate of drug-likeness (QED) is 0.776. The zero-order valence-corrected chi connectivity index (χ0v) is 13.7. The standard InChI is InChI=1S/C15H27NO4S/c1-14-5-6-15(10-14,12-20-14)11-16-21(17,18)8-2-3-13-4-7-19-9-13/h13,16H,2-12H2,1H3. The molecule has 3 fully saturated rings. The Morgan fingerprint density at radius 2 is 2.19 bits per heavy atom. The molecule has 2 aliphatic heterocycles. The molecule has 2 bridgehead atoms. The zero-order valence-electron chi connectivity index (χ0n) is 12.9. The minimum absolute atomic E-state index is 0.00604. The number of sulfonamides is 1. The third kappa shape index (κ3) is 3.78. The van der Waals surface area contributed by atoms with Gasteiger partial charge in [-0.1, -0.05) is 0 Å². The maximum absolute atomic E-state index is 12.1. The van der Waals surface area contributed by atoms with Gasteiger partial charge in [0.2, 0.25) is 10.0 Å². The molecule has 5 nitrogen and oxygen atoms in total. The molecule has 1 aliphatic carbocycles. The number of ether oxygens (including phenoxy) is 2. The second-order valence-corrected chi connectivity index (χ2v) is 9.35. The smallest absolute Gasteiger partial charge is 0.211 e. The van der Waals surface area contributed by atoms with Crippen molar-refractivity contribution in [3.8, 4) is 0 Å². The Balaban J connectivity index is 1.41. The fraction of sp³-hybridized carbons (Fsp3) is 1.00. The predicted molar refractivity (Wildman–Crippen MR) is 80.6 cm³/mol. The van der Waals surface area contributed by atoms with Crippen LogP contribution >= 0.6 is 0 Å². The molecule has 2 saturated heterocycles. The van der Waals surface area contributed by atoms with Crippen molar-refractivity contribution < 1.29 is 17.9 Å². The van der Waals surface area contributed by atoms with E-state index in [-0.39, 0.29) is 16.8 Å². The molecule has 0 aromatic heterocycles. The summed E-state index contributed by atoms with van der Waals surface area (Å²) < 4.78 is 38.2. The SMILES string of the molecule is CC12CCC(CNS(=O)(=O)CCCC3CCOC3)(CO1)C2. The van der Waals surface area contributed by atoms with Gasteiger partial charge in [-0.2, -0.15) is 0 Å². The summed E-state index contributed by atoms with van der Waals surface area (Å²) in [5.41, 5.74) is 0.0367. The van der Waals surface area contributed by atoms with E-state index in [4.69, 9.17) is 9.47 Å². The topological polar surface area (TPSA) is 64.6 Å². The van der Waals surface area contributed by atoms with E-state index in [2.05, 4.69) is 11.6 Å². The molecule has 0 aromatic rings. The Morgan fingerprint density at radius 3 is 2.76 bits per heavy atom. The Kier molecular flexibility index (Phi) is 4.34. The molecule has 3 aliphatic rings. The molecule has 0 radical (unpaired) electrons. The van der Waals surface area contributed by atoms with E-state index >= 15 is 0 Å². The summed E-state index contributed by atoms with van der Waals surface area (Å²) in [6, 6.07) is 0. The first kappa shape index (κ1) is 15.7. The largest absolute Gasteiger partial charge is 0.381 e. The molecular formula is C15H27NO4S. The summed E-state index contributed by atoms with van der Waals surface area (Å²) in [5.74, 6) is 0.787. The van der Waals surface area contributed by atoms with Crippen LogP contribution in [-0.2, 0) is 19.5 Å². The van der Waals surface area contributed by atoms with E-state index < -0.39 is 10.0 Å². The molecule has 0 aromatic carbocycles. The average molecular weight is 317 g/mol. The van der Waals surface area contributed by atoms with Crippen LogP contribution in [0.2, 0.25) is 0 Å². The molecule has 21 heavy (non-hydrogen) atoms. The van der Waals surface area contributed by atoms with Crippen molar-refractivity contribution in [3.05, 3.63) is 0 Å². The van der Waals surface area contributed by atoms with Crippen LogP contribution in [-0.4, -0.2) is 46.1 Å². The van der Waals surface area contributed by atoms with Gasteiger partial charge in [0.15, 0.2) is 0 Å². The summed E-state index contributed by atoms with van der Waals surface area (Å²) >= 11 is 0. The van der Waals surface area contributed by atoms with Gasteiger partial charge in [0.25, 0.3) is 0 Å². The molecule has 0 spiro atoms. The molecule has 1 N–H and O–H groups in total. The summed E-state index contributed by atoms with van der Waals surface area (Å²) in [6.45, 7) is 5.01. The second kappa shape index (κ2) is 5.80. The van der Waals surface area contributed by atoms with Crippen molar-refractivity contribution >= 4 is 10.0 Å². The van der Waals surface area contributed by atoms with E-state index in [1.54, 1.807) is 0 Å². The lowest BCUT2D eigenvalue weighted by Crippen LogP contribution is -2.38. The highest BCUT2D eigenvalue weighted by Gasteiger charge is 2.53. The van der Waals surface area contributed by atoms with Crippen molar-refractivity contribution in [1.29, 1.82) is 0 Å². The Morgan fingerprint density at radius 1 is 1.33 bits per heavy atom. The van der Waals surface area contributed by atoms with Crippen LogP contribution in [0.1, 0.15) is 45.4 Å². The minimum atomic E-state index is -3.16. The van der Waals surface area contributed by atoms with Gasteiger partial charge in [-0.3, -0.25) is 0 Å². The molecule has 3 atom stereocenters. The van der Waals surface area contributed by atoms with Gasteiger partial charge in [0.05, 0.1) is 18.0 Å². The number of hydrogen-bond donors (Lipinski definition) is 1. The summed E-state index contributed by atoms with van der Waals surface area (Å²) in [6.07, 6.45) is 5.87. The lowest BCUT2D eigenvalue weighted by Gasteiger charge is -2.26. The Bertz CT molecular complexity index is 462. The molecule has 3 rings (SSSR count). The van der Waals surface area contributed by atoms with Crippen molar-refractivity contribution in [1.82, 2.24) is 4.72 Å². The van der Waals surface area contributed by atoms with Crippen LogP contribution in [0, 0.1) is 11.3 Å². The fourth-order valence-electron chi connectivity index (χ4n) is 3.98. The monoisotopic (exact) mass is 317 g/mol. The number of nitrogens with one attached hydrogen (secondary N) is 1. The van der Waals surface area contributed by atoms with E-state index in [9.17, 15) is 8.42 Å². The fourth-order valence-corrected chi connectivity index (χ4v) is 5.20. The Labute approximate surface area is 127 Å². The van der Waals surface area contributed by atoms with Gasteiger partial charge >= 0.3 is 0 Å². The molecule has 3 unspecified atom stereocenters. The first-order valence-electron chi connectivity index (χ1n) is 8.10. The maximum Gasteiger partial charge on any atom is 0.211 e. The maximum atomic E-state index is 12.1. The highest BCUT2D eigenvalue weighted by Crippen LogP contribution is 2.52. The van der Waals surface area contributed by atoms with Gasteiger partial charge in [-0.25, -0.2) is 13.1 Å². The lowest BCUT2D eigenvalue weighted by molar-refractivity contribution is -0.0146. The van der Waals surface area contributed by atoms with Crippen LogP contribution in [0.5, 0.6) is 0 Å². The Hall–Kier alpha value is -0.170. The number of hydrogen-bond acceptors (Lipinski definition) is 4. The minimum Gasteiger partial charge on any atom is -0.381 e. The highest BCUT2D eigenvalue weighted by atomic mass is 32.2. The van der Waals surface area contributed by atoms with Crippen molar-refractivity contribution in [2.45, 2.75) is 51.0 Å². The van der Waals surface area contributed by atoms with Gasteiger partial charge in [0.1, 0.15) is 0 Å².